The molecule has 33 heavy (non-hydrogen) atoms. The molecule has 2 heterocycles. The number of anilines is 1. The average molecular weight is 506 g/mol. The van der Waals surface area contributed by atoms with E-state index in [0.717, 1.165) is 15.6 Å². The summed E-state index contributed by atoms with van der Waals surface area (Å²) in [6.45, 7) is 3.87. The summed E-state index contributed by atoms with van der Waals surface area (Å²) >= 11 is 3.42. The number of amides is 1. The molecule has 1 aromatic heterocycles. The number of carbonyl (C=O) groups is 1. The minimum Gasteiger partial charge on any atom is -0.504 e. The van der Waals surface area contributed by atoms with Gasteiger partial charge in [0.2, 0.25) is 5.76 Å². The van der Waals surface area contributed by atoms with Crippen LogP contribution in [0.25, 0.3) is 11.0 Å². The maximum atomic E-state index is 13.7. The molecule has 4 aromatic rings. The van der Waals surface area contributed by atoms with E-state index >= 15 is 0 Å². The van der Waals surface area contributed by atoms with Crippen LogP contribution in [0.2, 0.25) is 0 Å². The van der Waals surface area contributed by atoms with Crippen molar-refractivity contribution < 1.29 is 19.1 Å². The quantitative estimate of drug-likeness (QED) is 0.389. The lowest BCUT2D eigenvalue weighted by atomic mass is 9.97. The molecule has 1 unspecified atom stereocenters. The summed E-state index contributed by atoms with van der Waals surface area (Å²) in [5.41, 5.74) is 3.57. The van der Waals surface area contributed by atoms with Crippen molar-refractivity contribution in [3.8, 4) is 11.5 Å². The first kappa shape index (κ1) is 21.3. The molecule has 0 saturated heterocycles. The molecule has 1 N–H and O–H groups in total. The lowest BCUT2D eigenvalue weighted by molar-refractivity contribution is 0.0971. The maximum absolute atomic E-state index is 13.7. The second-order valence-electron chi connectivity index (χ2n) is 8.09. The van der Waals surface area contributed by atoms with Crippen LogP contribution in [0.4, 0.5) is 5.69 Å². The minimum absolute atomic E-state index is 0.0238. The lowest BCUT2D eigenvalue weighted by Crippen LogP contribution is -2.29. The number of fused-ring (bicyclic) bond motifs is 2. The Morgan fingerprint density at radius 2 is 1.70 bits per heavy atom. The summed E-state index contributed by atoms with van der Waals surface area (Å²) in [6.07, 6.45) is 0. The maximum Gasteiger partial charge on any atom is 0.295 e. The van der Waals surface area contributed by atoms with Crippen LogP contribution in [0.3, 0.4) is 0 Å². The third kappa shape index (κ3) is 3.31. The van der Waals surface area contributed by atoms with Gasteiger partial charge in [0.15, 0.2) is 16.9 Å². The molecule has 0 saturated carbocycles. The van der Waals surface area contributed by atoms with Crippen molar-refractivity contribution in [3.63, 3.8) is 0 Å². The van der Waals surface area contributed by atoms with Crippen LogP contribution in [0.1, 0.15) is 38.9 Å². The van der Waals surface area contributed by atoms with Crippen LogP contribution < -0.4 is 15.1 Å². The molecule has 0 radical (unpaired) electrons. The molecular weight excluding hydrogens is 486 g/mol. The van der Waals surface area contributed by atoms with Gasteiger partial charge >= 0.3 is 0 Å². The highest BCUT2D eigenvalue weighted by molar-refractivity contribution is 9.10. The zero-order chi connectivity index (χ0) is 23.4. The van der Waals surface area contributed by atoms with E-state index in [1.165, 1.54) is 13.2 Å². The van der Waals surface area contributed by atoms with Crippen molar-refractivity contribution in [1.82, 2.24) is 0 Å². The van der Waals surface area contributed by atoms with Crippen LogP contribution in [0.5, 0.6) is 11.5 Å². The molecule has 1 amide bonds. The van der Waals surface area contributed by atoms with Gasteiger partial charge in [-0.1, -0.05) is 22.0 Å². The van der Waals surface area contributed by atoms with Crippen molar-refractivity contribution in [2.24, 2.45) is 0 Å². The summed E-state index contributed by atoms with van der Waals surface area (Å²) in [5.74, 6) is -0.157. The fourth-order valence-electron chi connectivity index (χ4n) is 4.28. The van der Waals surface area contributed by atoms with E-state index in [1.54, 1.807) is 41.3 Å². The van der Waals surface area contributed by atoms with Gasteiger partial charge in [-0.15, -0.1) is 0 Å². The number of carbonyl (C=O) groups excluding carboxylic acids is 1. The molecular formula is C26H20BrNO5. The molecule has 7 heteroatoms. The van der Waals surface area contributed by atoms with Crippen LogP contribution in [-0.2, 0) is 0 Å². The predicted octanol–water partition coefficient (Wildman–Crippen LogP) is 5.64. The Balaban J connectivity index is 1.83. The van der Waals surface area contributed by atoms with Gasteiger partial charge < -0.3 is 14.3 Å². The number of ether oxygens (including phenoxy) is 1. The molecule has 5 rings (SSSR count). The van der Waals surface area contributed by atoms with Gasteiger partial charge in [0.25, 0.3) is 5.91 Å². The molecule has 3 aromatic carbocycles. The number of halogens is 1. The minimum atomic E-state index is -0.745. The van der Waals surface area contributed by atoms with Gasteiger partial charge in [0, 0.05) is 10.2 Å². The average Bonchev–Trinajstić information content (AvgIpc) is 3.09. The van der Waals surface area contributed by atoms with Gasteiger partial charge in [-0.3, -0.25) is 14.5 Å². The highest BCUT2D eigenvalue weighted by atomic mass is 79.9. The second-order valence-corrected chi connectivity index (χ2v) is 9.01. The third-order valence-electron chi connectivity index (χ3n) is 6.11. The summed E-state index contributed by atoms with van der Waals surface area (Å²) in [7, 11) is 1.45. The van der Waals surface area contributed by atoms with Crippen LogP contribution in [-0.4, -0.2) is 18.1 Å². The number of phenolic OH excluding ortho intramolecular Hbond substituents is 1. The van der Waals surface area contributed by atoms with Crippen molar-refractivity contribution in [3.05, 3.63) is 97.3 Å². The first-order valence-electron chi connectivity index (χ1n) is 10.3. The predicted molar refractivity (Wildman–Crippen MR) is 129 cm³/mol. The second kappa shape index (κ2) is 7.78. The van der Waals surface area contributed by atoms with Gasteiger partial charge in [0.05, 0.1) is 24.1 Å². The number of nitrogens with zero attached hydrogens (tertiary/aromatic N) is 1. The molecule has 166 valence electrons. The SMILES string of the molecule is COc1cc(C2c3c(oc4cc(C)c(C)cc4c3=O)C(=O)N2c2ccc(Br)cc2)ccc1O. The molecule has 6 nitrogen and oxygen atoms in total. The largest absolute Gasteiger partial charge is 0.504 e. The summed E-state index contributed by atoms with van der Waals surface area (Å²) in [5, 5.41) is 10.5. The fourth-order valence-corrected chi connectivity index (χ4v) is 4.54. The lowest BCUT2D eigenvalue weighted by Gasteiger charge is -2.25. The Hall–Kier alpha value is -3.58. The fraction of sp³-hybridized carbons (Fsp3) is 0.154. The Kier molecular flexibility index (Phi) is 5.01. The van der Waals surface area contributed by atoms with E-state index < -0.39 is 11.9 Å². The Bertz CT molecular complexity index is 1490. The number of rotatable bonds is 3. The van der Waals surface area contributed by atoms with Gasteiger partial charge in [-0.2, -0.15) is 0 Å². The highest BCUT2D eigenvalue weighted by Crippen LogP contribution is 2.43. The van der Waals surface area contributed by atoms with Crippen LogP contribution in [0, 0.1) is 13.8 Å². The first-order chi connectivity index (χ1) is 15.8. The highest BCUT2D eigenvalue weighted by Gasteiger charge is 2.44. The molecule has 0 aliphatic carbocycles. The molecule has 0 bridgehead atoms. The standard InChI is InChI=1S/C26H20BrNO5/c1-13-10-18-20(11-14(13)2)33-25-22(24(18)30)23(15-4-9-19(29)21(12-15)32-3)28(26(25)31)17-7-5-16(27)6-8-17/h4-12,23,29H,1-3H3. The Labute approximate surface area is 198 Å². The van der Waals surface area contributed by atoms with Crippen molar-refractivity contribution >= 4 is 38.5 Å². The molecule has 0 fully saturated rings. The van der Waals surface area contributed by atoms with E-state index in [1.807, 2.05) is 26.0 Å². The number of aryl methyl sites for hydroxylation is 2. The number of aromatic hydroxyl groups is 1. The zero-order valence-electron chi connectivity index (χ0n) is 18.2. The summed E-state index contributed by atoms with van der Waals surface area (Å²) in [6, 6.07) is 14.9. The van der Waals surface area contributed by atoms with Crippen LogP contribution >= 0.6 is 15.9 Å². The third-order valence-corrected chi connectivity index (χ3v) is 6.64. The van der Waals surface area contributed by atoms with Gasteiger partial charge in [0.1, 0.15) is 5.58 Å². The van der Waals surface area contributed by atoms with Crippen LogP contribution in [0.15, 0.2) is 68.3 Å². The van der Waals surface area contributed by atoms with Gasteiger partial charge in [-0.05, 0) is 79.1 Å². The van der Waals surface area contributed by atoms with E-state index in [2.05, 4.69) is 15.9 Å². The molecule has 0 spiro atoms. The van der Waals surface area contributed by atoms with E-state index in [9.17, 15) is 14.7 Å². The molecule has 1 aliphatic heterocycles. The van der Waals surface area contributed by atoms with E-state index in [-0.39, 0.29) is 28.3 Å². The van der Waals surface area contributed by atoms with Gasteiger partial charge in [-0.25, -0.2) is 0 Å². The number of hydrogen-bond donors (Lipinski definition) is 1. The van der Waals surface area contributed by atoms with E-state index in [0.29, 0.717) is 22.2 Å². The number of hydrogen-bond acceptors (Lipinski definition) is 5. The molecule has 1 aliphatic rings. The smallest absolute Gasteiger partial charge is 0.295 e. The zero-order valence-corrected chi connectivity index (χ0v) is 19.8. The number of methoxy groups -OCH3 is 1. The van der Waals surface area contributed by atoms with Crippen molar-refractivity contribution in [1.29, 1.82) is 0 Å². The number of benzene rings is 3. The van der Waals surface area contributed by atoms with Crippen molar-refractivity contribution in [2.75, 3.05) is 12.0 Å². The number of phenols is 1. The Morgan fingerprint density at radius 3 is 2.39 bits per heavy atom. The molecule has 1 atom stereocenters. The normalized spacial score (nSPS) is 15.2. The summed E-state index contributed by atoms with van der Waals surface area (Å²) in [4.78, 5) is 28.9. The summed E-state index contributed by atoms with van der Waals surface area (Å²) < 4.78 is 12.2. The Morgan fingerprint density at radius 1 is 1.00 bits per heavy atom. The van der Waals surface area contributed by atoms with Crippen molar-refractivity contribution in [2.45, 2.75) is 19.9 Å². The van der Waals surface area contributed by atoms with E-state index in [4.69, 9.17) is 9.15 Å². The topological polar surface area (TPSA) is 80.0 Å². The monoisotopic (exact) mass is 505 g/mol. The first-order valence-corrected chi connectivity index (χ1v) is 11.1.